The molecule has 0 spiro atoms. The third-order valence-corrected chi connectivity index (χ3v) is 3.39. The van der Waals surface area contributed by atoms with Gasteiger partial charge in [-0.3, -0.25) is 0 Å². The first kappa shape index (κ1) is 20.7. The van der Waals surface area contributed by atoms with Crippen LogP contribution < -0.4 is 0 Å². The molecule has 118 valence electrons. The molecule has 1 rings (SSSR count). The molecule has 0 amide bonds. The summed E-state index contributed by atoms with van der Waals surface area (Å²) in [4.78, 5) is 0. The summed E-state index contributed by atoms with van der Waals surface area (Å²) in [6.45, 7) is 11.2. The number of allylic oxidation sites excluding steroid dienone is 2. The SMILES string of the molecule is C.CC1=C(C)C(C)(C)C(C)=[N+]1C.F[P-](F)(F)(F)(F)F. The zero-order valence-electron chi connectivity index (χ0n) is 11.2. The minimum atomic E-state index is -10.7. The van der Waals surface area contributed by atoms with Gasteiger partial charge in [0.25, 0.3) is 0 Å². The predicted octanol–water partition coefficient (Wildman–Crippen LogP) is 6.44. The minimum absolute atomic E-state index is 0. The second-order valence-corrected chi connectivity index (χ2v) is 6.85. The summed E-state index contributed by atoms with van der Waals surface area (Å²) < 4.78 is 61.5. The number of rotatable bonds is 0. The van der Waals surface area contributed by atoms with Crippen molar-refractivity contribution in [1.29, 1.82) is 0 Å². The van der Waals surface area contributed by atoms with E-state index in [1.54, 1.807) is 0 Å². The summed E-state index contributed by atoms with van der Waals surface area (Å²) in [6, 6.07) is 0. The molecule has 0 aromatic rings. The molecule has 0 bridgehead atoms. The zero-order chi connectivity index (χ0) is 15.2. The van der Waals surface area contributed by atoms with E-state index in [-0.39, 0.29) is 12.8 Å². The quantitative estimate of drug-likeness (QED) is 0.275. The molecule has 0 aromatic carbocycles. The Bertz CT molecular complexity index is 389. The van der Waals surface area contributed by atoms with E-state index >= 15 is 0 Å². The Kier molecular flexibility index (Phi) is 4.88. The molecule has 1 heterocycles. The van der Waals surface area contributed by atoms with Gasteiger partial charge < -0.3 is 0 Å². The van der Waals surface area contributed by atoms with Gasteiger partial charge in [-0.05, 0) is 20.8 Å². The van der Waals surface area contributed by atoms with Crippen LogP contribution in [-0.4, -0.2) is 17.3 Å². The molecular formula is C11H22F6NP. The summed E-state index contributed by atoms with van der Waals surface area (Å²) in [5.74, 6) is 0. The number of halogens is 6. The first-order valence-electron chi connectivity index (χ1n) is 5.16. The molecule has 0 fully saturated rings. The van der Waals surface area contributed by atoms with E-state index in [9.17, 15) is 25.2 Å². The number of nitrogens with zero attached hydrogens (tertiary/aromatic N) is 1. The van der Waals surface area contributed by atoms with Crippen molar-refractivity contribution in [3.63, 3.8) is 0 Å². The van der Waals surface area contributed by atoms with E-state index in [0.29, 0.717) is 0 Å². The van der Waals surface area contributed by atoms with E-state index < -0.39 is 7.81 Å². The van der Waals surface area contributed by atoms with Crippen molar-refractivity contribution in [2.24, 2.45) is 5.41 Å². The monoisotopic (exact) mass is 313 g/mol. The van der Waals surface area contributed by atoms with Crippen LogP contribution in [0.1, 0.15) is 42.0 Å². The van der Waals surface area contributed by atoms with Crippen LogP contribution in [0.25, 0.3) is 0 Å². The summed E-state index contributed by atoms with van der Waals surface area (Å²) in [6.07, 6.45) is 0. The second kappa shape index (κ2) is 4.47. The van der Waals surface area contributed by atoms with Crippen LogP contribution in [0.4, 0.5) is 25.2 Å². The van der Waals surface area contributed by atoms with Crippen molar-refractivity contribution >= 4 is 13.5 Å². The van der Waals surface area contributed by atoms with Crippen molar-refractivity contribution in [2.45, 2.75) is 42.0 Å². The van der Waals surface area contributed by atoms with E-state index in [1.807, 2.05) is 0 Å². The molecule has 0 unspecified atom stereocenters. The Morgan fingerprint density at radius 3 is 1.21 bits per heavy atom. The van der Waals surface area contributed by atoms with Gasteiger partial charge in [0.05, 0.1) is 5.41 Å². The normalized spacial score (nSPS) is 22.1. The molecule has 19 heavy (non-hydrogen) atoms. The predicted molar refractivity (Wildman–Crippen MR) is 69.3 cm³/mol. The topological polar surface area (TPSA) is 3.01 Å². The Hall–Kier alpha value is -0.580. The van der Waals surface area contributed by atoms with Crippen LogP contribution in [0, 0.1) is 5.41 Å². The van der Waals surface area contributed by atoms with E-state index in [4.69, 9.17) is 0 Å². The first-order chi connectivity index (χ1) is 7.34. The maximum absolute atomic E-state index is 10.7. The Labute approximate surface area is 110 Å². The van der Waals surface area contributed by atoms with Gasteiger partial charge in [0, 0.05) is 19.4 Å². The van der Waals surface area contributed by atoms with Crippen LogP contribution in [0.3, 0.4) is 0 Å². The molecule has 1 aliphatic rings. The molecule has 1 aliphatic heterocycles. The van der Waals surface area contributed by atoms with Crippen LogP contribution in [0.5, 0.6) is 0 Å². The zero-order valence-corrected chi connectivity index (χ0v) is 12.1. The molecule has 0 aliphatic carbocycles. The molecule has 8 heteroatoms. The summed E-state index contributed by atoms with van der Waals surface area (Å²) in [5.41, 5.74) is 4.64. The van der Waals surface area contributed by atoms with Crippen LogP contribution >= 0.6 is 7.81 Å². The molecule has 0 saturated heterocycles. The molecule has 0 atom stereocenters. The average Bonchev–Trinajstić information content (AvgIpc) is 2.16. The summed E-state index contributed by atoms with van der Waals surface area (Å²) >= 11 is 0. The van der Waals surface area contributed by atoms with Gasteiger partial charge in [-0.15, -0.1) is 0 Å². The molecule has 0 N–H and O–H groups in total. The van der Waals surface area contributed by atoms with Crippen molar-refractivity contribution in [3.05, 3.63) is 11.3 Å². The Morgan fingerprint density at radius 1 is 0.895 bits per heavy atom. The van der Waals surface area contributed by atoms with E-state index in [0.717, 1.165) is 0 Å². The standard InChI is InChI=1S/C10H18N.CH4.F6P/c1-7-8(2)11(6)9(3)10(7,4)5;;1-7(2,3,4,5)6/h1-6H3;1H4;/q+1;;-1. The maximum atomic E-state index is 9.87. The molecule has 0 saturated carbocycles. The van der Waals surface area contributed by atoms with Gasteiger partial charge >= 0.3 is 33.0 Å². The second-order valence-electron chi connectivity index (χ2n) is 4.94. The van der Waals surface area contributed by atoms with Crippen molar-refractivity contribution in [1.82, 2.24) is 0 Å². The fourth-order valence-electron chi connectivity index (χ4n) is 1.65. The molecular weight excluding hydrogens is 291 g/mol. The fourth-order valence-corrected chi connectivity index (χ4v) is 1.65. The fraction of sp³-hybridized carbons (Fsp3) is 0.727. The van der Waals surface area contributed by atoms with Gasteiger partial charge in [0.1, 0.15) is 7.05 Å². The van der Waals surface area contributed by atoms with Crippen LogP contribution in [0.2, 0.25) is 0 Å². The van der Waals surface area contributed by atoms with Crippen LogP contribution in [0.15, 0.2) is 11.3 Å². The summed E-state index contributed by atoms with van der Waals surface area (Å²) in [7, 11) is -8.52. The Balaban J connectivity index is 0. The van der Waals surface area contributed by atoms with Gasteiger partial charge in [-0.1, -0.05) is 7.43 Å². The van der Waals surface area contributed by atoms with E-state index in [1.165, 1.54) is 17.0 Å². The van der Waals surface area contributed by atoms with Crippen molar-refractivity contribution in [3.8, 4) is 0 Å². The Morgan fingerprint density at radius 2 is 1.16 bits per heavy atom. The van der Waals surface area contributed by atoms with Crippen molar-refractivity contribution in [2.75, 3.05) is 7.05 Å². The summed E-state index contributed by atoms with van der Waals surface area (Å²) in [5, 5.41) is 0. The molecule has 0 aromatic heterocycles. The third-order valence-electron chi connectivity index (χ3n) is 3.39. The van der Waals surface area contributed by atoms with Gasteiger partial charge in [-0.2, -0.15) is 0 Å². The molecule has 1 nitrogen and oxygen atoms in total. The first-order valence-corrected chi connectivity index (χ1v) is 7.19. The van der Waals surface area contributed by atoms with Crippen molar-refractivity contribution < 1.29 is 29.8 Å². The van der Waals surface area contributed by atoms with Crippen LogP contribution in [-0.2, 0) is 0 Å². The van der Waals surface area contributed by atoms with E-state index in [2.05, 4.69) is 46.2 Å². The van der Waals surface area contributed by atoms with Gasteiger partial charge in [0.2, 0.25) is 0 Å². The average molecular weight is 313 g/mol. The third kappa shape index (κ3) is 7.55. The van der Waals surface area contributed by atoms with Gasteiger partial charge in [-0.25, -0.2) is 4.58 Å². The van der Waals surface area contributed by atoms with Gasteiger partial charge in [0.15, 0.2) is 11.4 Å². The molecule has 0 radical (unpaired) electrons. The number of hydrogen-bond acceptors (Lipinski definition) is 0. The number of hydrogen-bond donors (Lipinski definition) is 0.